The third-order valence-electron chi connectivity index (χ3n) is 2.96. The van der Waals surface area contributed by atoms with Gasteiger partial charge in [-0.3, -0.25) is 0 Å². The zero-order valence-corrected chi connectivity index (χ0v) is 9.23. The summed E-state index contributed by atoms with van der Waals surface area (Å²) in [4.78, 5) is 1.83. The molecule has 0 aliphatic carbocycles. The second kappa shape index (κ2) is 4.39. The van der Waals surface area contributed by atoms with Crippen LogP contribution in [0.5, 0.6) is 0 Å². The molecule has 1 saturated heterocycles. The topological polar surface area (TPSA) is 43.7 Å². The summed E-state index contributed by atoms with van der Waals surface area (Å²) in [5, 5.41) is 18.7. The Labute approximate surface area is 94.1 Å². The molecule has 16 heavy (non-hydrogen) atoms. The number of hydrogen-bond acceptors (Lipinski definition) is 3. The Morgan fingerprint density at radius 2 is 2.25 bits per heavy atom. The lowest BCUT2D eigenvalue weighted by Crippen LogP contribution is -2.22. The molecule has 2 unspecified atom stereocenters. The van der Waals surface area contributed by atoms with Crippen LogP contribution in [0.4, 0.5) is 10.1 Å². The first-order valence-corrected chi connectivity index (χ1v) is 5.48. The van der Waals surface area contributed by atoms with E-state index in [2.05, 4.69) is 0 Å². The highest BCUT2D eigenvalue weighted by Crippen LogP contribution is 2.26. The number of nitrogens with zero attached hydrogens (tertiary/aromatic N) is 1. The van der Waals surface area contributed by atoms with Gasteiger partial charge in [-0.15, -0.1) is 0 Å². The molecule has 2 atom stereocenters. The van der Waals surface area contributed by atoms with Crippen LogP contribution in [-0.4, -0.2) is 29.4 Å². The minimum Gasteiger partial charge on any atom is -0.391 e. The van der Waals surface area contributed by atoms with Crippen LogP contribution in [0.3, 0.4) is 0 Å². The Morgan fingerprint density at radius 1 is 1.50 bits per heavy atom. The van der Waals surface area contributed by atoms with E-state index in [1.165, 1.54) is 6.07 Å². The van der Waals surface area contributed by atoms with Crippen molar-refractivity contribution in [2.75, 3.05) is 18.0 Å². The van der Waals surface area contributed by atoms with Crippen molar-refractivity contribution in [3.05, 3.63) is 29.6 Å². The first-order chi connectivity index (χ1) is 7.58. The van der Waals surface area contributed by atoms with Gasteiger partial charge in [-0.2, -0.15) is 0 Å². The first kappa shape index (κ1) is 11.4. The number of aliphatic hydroxyl groups is 2. The Hall–Kier alpha value is -1.13. The summed E-state index contributed by atoms with van der Waals surface area (Å²) in [5.74, 6) is -0.340. The molecule has 1 aromatic rings. The van der Waals surface area contributed by atoms with Crippen LogP contribution in [0, 0.1) is 5.82 Å². The number of halogens is 1. The zero-order valence-electron chi connectivity index (χ0n) is 9.23. The summed E-state index contributed by atoms with van der Waals surface area (Å²) in [6.07, 6.45) is -0.346. The van der Waals surface area contributed by atoms with Crippen LogP contribution in [0.25, 0.3) is 0 Å². The van der Waals surface area contributed by atoms with Crippen LogP contribution in [0.15, 0.2) is 18.2 Å². The van der Waals surface area contributed by atoms with Crippen molar-refractivity contribution in [1.29, 1.82) is 0 Å². The molecule has 0 radical (unpaired) electrons. The molecule has 2 rings (SSSR count). The van der Waals surface area contributed by atoms with E-state index in [1.54, 1.807) is 19.1 Å². The molecule has 2 N–H and O–H groups in total. The minimum atomic E-state index is -0.660. The molecule has 0 bridgehead atoms. The number of benzene rings is 1. The van der Waals surface area contributed by atoms with E-state index in [-0.39, 0.29) is 11.9 Å². The van der Waals surface area contributed by atoms with E-state index in [0.717, 1.165) is 0 Å². The van der Waals surface area contributed by atoms with E-state index in [1.807, 2.05) is 4.90 Å². The van der Waals surface area contributed by atoms with Crippen molar-refractivity contribution >= 4 is 5.69 Å². The lowest BCUT2D eigenvalue weighted by Gasteiger charge is -2.19. The van der Waals surface area contributed by atoms with Crippen molar-refractivity contribution < 1.29 is 14.6 Å². The summed E-state index contributed by atoms with van der Waals surface area (Å²) in [6, 6.07) is 4.73. The second-order valence-corrected chi connectivity index (χ2v) is 4.28. The molecule has 88 valence electrons. The highest BCUT2D eigenvalue weighted by atomic mass is 19.1. The molecule has 1 heterocycles. The Kier molecular flexibility index (Phi) is 3.12. The summed E-state index contributed by atoms with van der Waals surface area (Å²) in [5.41, 5.74) is 1.07. The van der Waals surface area contributed by atoms with Crippen molar-refractivity contribution in [3.8, 4) is 0 Å². The van der Waals surface area contributed by atoms with E-state index in [0.29, 0.717) is 30.8 Å². The maximum absolute atomic E-state index is 13.8. The molecule has 0 amide bonds. The molecular weight excluding hydrogens is 209 g/mol. The van der Waals surface area contributed by atoms with Crippen LogP contribution in [0.2, 0.25) is 0 Å². The first-order valence-electron chi connectivity index (χ1n) is 5.48. The van der Waals surface area contributed by atoms with E-state index in [9.17, 15) is 14.6 Å². The Balaban J connectivity index is 2.22. The average Bonchev–Trinajstić information content (AvgIpc) is 2.64. The molecule has 1 fully saturated rings. The van der Waals surface area contributed by atoms with Gasteiger partial charge in [-0.1, -0.05) is 6.07 Å². The van der Waals surface area contributed by atoms with Crippen molar-refractivity contribution in [1.82, 2.24) is 0 Å². The highest BCUT2D eigenvalue weighted by molar-refractivity contribution is 5.50. The largest absolute Gasteiger partial charge is 0.391 e. The van der Waals surface area contributed by atoms with Gasteiger partial charge in [0.1, 0.15) is 5.82 Å². The van der Waals surface area contributed by atoms with Crippen molar-refractivity contribution in [2.45, 2.75) is 25.6 Å². The molecule has 1 aromatic carbocycles. The van der Waals surface area contributed by atoms with Gasteiger partial charge in [-0.05, 0) is 31.0 Å². The zero-order chi connectivity index (χ0) is 11.7. The lowest BCUT2D eigenvalue weighted by molar-refractivity contribution is 0.197. The average molecular weight is 225 g/mol. The normalized spacial score (nSPS) is 22.5. The maximum Gasteiger partial charge on any atom is 0.146 e. The number of β-amino-alcohol motifs (C(OH)–C–C–N with tert-alkyl or cyclic N) is 1. The standard InChI is InChI=1S/C12H16FNO2/c1-8(15)9-2-3-12(11(13)6-9)14-5-4-10(16)7-14/h2-3,6,8,10,15-16H,4-5,7H2,1H3. The summed E-state index contributed by atoms with van der Waals surface area (Å²) >= 11 is 0. The van der Waals surface area contributed by atoms with Gasteiger partial charge in [0.05, 0.1) is 17.9 Å². The molecule has 1 aliphatic rings. The number of rotatable bonds is 2. The number of anilines is 1. The molecule has 3 nitrogen and oxygen atoms in total. The van der Waals surface area contributed by atoms with Crippen molar-refractivity contribution in [2.24, 2.45) is 0 Å². The quantitative estimate of drug-likeness (QED) is 0.800. The summed E-state index contributed by atoms with van der Waals surface area (Å²) < 4.78 is 13.8. The van der Waals surface area contributed by atoms with Crippen LogP contribution in [0.1, 0.15) is 25.0 Å². The monoisotopic (exact) mass is 225 g/mol. The van der Waals surface area contributed by atoms with E-state index < -0.39 is 6.10 Å². The SMILES string of the molecule is CC(O)c1ccc(N2CCC(O)C2)c(F)c1. The fourth-order valence-corrected chi connectivity index (χ4v) is 2.00. The third-order valence-corrected chi connectivity index (χ3v) is 2.96. The fraction of sp³-hybridized carbons (Fsp3) is 0.500. The summed E-state index contributed by atoms with van der Waals surface area (Å²) in [7, 11) is 0. The van der Waals surface area contributed by atoms with Crippen LogP contribution < -0.4 is 4.90 Å². The lowest BCUT2D eigenvalue weighted by atomic mass is 10.1. The van der Waals surface area contributed by atoms with E-state index in [4.69, 9.17) is 0 Å². The maximum atomic E-state index is 13.8. The number of hydrogen-bond donors (Lipinski definition) is 2. The van der Waals surface area contributed by atoms with Gasteiger partial charge in [0.2, 0.25) is 0 Å². The molecule has 0 aromatic heterocycles. The van der Waals surface area contributed by atoms with Gasteiger partial charge < -0.3 is 15.1 Å². The predicted octanol–water partition coefficient (Wildman–Crippen LogP) is 1.45. The Morgan fingerprint density at radius 3 is 2.75 bits per heavy atom. The highest BCUT2D eigenvalue weighted by Gasteiger charge is 2.22. The second-order valence-electron chi connectivity index (χ2n) is 4.28. The third kappa shape index (κ3) is 2.18. The summed E-state index contributed by atoms with van der Waals surface area (Å²) in [6.45, 7) is 2.76. The smallest absolute Gasteiger partial charge is 0.146 e. The van der Waals surface area contributed by atoms with Gasteiger partial charge in [0.25, 0.3) is 0 Å². The van der Waals surface area contributed by atoms with Gasteiger partial charge in [0.15, 0.2) is 0 Å². The molecule has 0 spiro atoms. The molecular formula is C12H16FNO2. The minimum absolute atomic E-state index is 0.340. The molecule has 0 saturated carbocycles. The Bertz CT molecular complexity index is 381. The molecule has 4 heteroatoms. The van der Waals surface area contributed by atoms with Crippen molar-refractivity contribution in [3.63, 3.8) is 0 Å². The van der Waals surface area contributed by atoms with Gasteiger partial charge >= 0.3 is 0 Å². The van der Waals surface area contributed by atoms with Crippen LogP contribution in [-0.2, 0) is 0 Å². The van der Waals surface area contributed by atoms with Gasteiger partial charge in [0, 0.05) is 13.1 Å². The van der Waals surface area contributed by atoms with Gasteiger partial charge in [-0.25, -0.2) is 4.39 Å². The molecule has 1 aliphatic heterocycles. The fourth-order valence-electron chi connectivity index (χ4n) is 2.00. The van der Waals surface area contributed by atoms with Crippen LogP contribution >= 0.6 is 0 Å². The van der Waals surface area contributed by atoms with E-state index >= 15 is 0 Å². The predicted molar refractivity (Wildman–Crippen MR) is 59.9 cm³/mol. The number of aliphatic hydroxyl groups excluding tert-OH is 2.